The number of hydrogen-bond acceptors (Lipinski definition) is 2. The molecule has 0 bridgehead atoms. The summed E-state index contributed by atoms with van der Waals surface area (Å²) in [4.78, 5) is 11.3. The molecule has 2 amide bonds. The molecule has 0 aromatic rings. The number of carbonyl (C=O) groups excluding carboxylic acids is 1. The molecule has 0 radical (unpaired) electrons. The maximum atomic E-state index is 11.3. The highest BCUT2D eigenvalue weighted by atomic mass is 32.2. The molecule has 2 N–H and O–H groups in total. The Morgan fingerprint density at radius 2 is 2.06 bits per heavy atom. The molecule has 2 aliphatic rings. The van der Waals surface area contributed by atoms with Crippen molar-refractivity contribution in [3.8, 4) is 0 Å². The Hall–Kier alpha value is -0.380. The second-order valence-corrected chi connectivity index (χ2v) is 7.40. The van der Waals surface area contributed by atoms with Gasteiger partial charge in [0, 0.05) is 11.0 Å². The Morgan fingerprint density at radius 3 is 2.78 bits per heavy atom. The van der Waals surface area contributed by atoms with E-state index in [1.807, 2.05) is 11.8 Å². The van der Waals surface area contributed by atoms with E-state index in [1.54, 1.807) is 0 Å². The maximum Gasteiger partial charge on any atom is 0.315 e. The Balaban J connectivity index is 1.64. The molecule has 2 aliphatic heterocycles. The molecule has 2 saturated heterocycles. The third kappa shape index (κ3) is 3.34. The summed E-state index contributed by atoms with van der Waals surface area (Å²) in [7, 11) is 0. The second-order valence-electron chi connectivity index (χ2n) is 6.13. The first-order valence-electron chi connectivity index (χ1n) is 7.26. The number of urea groups is 1. The van der Waals surface area contributed by atoms with Gasteiger partial charge in [0.1, 0.15) is 0 Å². The Kier molecular flexibility index (Phi) is 4.82. The Morgan fingerprint density at radius 1 is 1.28 bits per heavy atom. The summed E-state index contributed by atoms with van der Waals surface area (Å²) in [5.74, 6) is 2.71. The van der Waals surface area contributed by atoms with E-state index >= 15 is 0 Å². The molecular formula is C14H26N2OS. The SMILES string of the molecule is CC(C)C(C)CCCCC1SCC2NC(=O)NC21. The summed E-state index contributed by atoms with van der Waals surface area (Å²) in [5, 5.41) is 6.69. The first-order valence-corrected chi connectivity index (χ1v) is 8.31. The van der Waals surface area contributed by atoms with Crippen molar-refractivity contribution >= 4 is 17.8 Å². The van der Waals surface area contributed by atoms with Crippen LogP contribution in [0.25, 0.3) is 0 Å². The number of unbranched alkanes of at least 4 members (excludes halogenated alkanes) is 1. The van der Waals surface area contributed by atoms with E-state index in [0.29, 0.717) is 17.3 Å². The quantitative estimate of drug-likeness (QED) is 0.575. The largest absolute Gasteiger partial charge is 0.332 e. The van der Waals surface area contributed by atoms with Crippen molar-refractivity contribution in [2.75, 3.05) is 5.75 Å². The molecule has 4 heteroatoms. The lowest BCUT2D eigenvalue weighted by molar-refractivity contribution is 0.247. The molecule has 0 aromatic heterocycles. The molecule has 0 aromatic carbocycles. The van der Waals surface area contributed by atoms with Gasteiger partial charge in [-0.3, -0.25) is 0 Å². The summed E-state index contributed by atoms with van der Waals surface area (Å²) in [6, 6.07) is 0.788. The average molecular weight is 270 g/mol. The van der Waals surface area contributed by atoms with Gasteiger partial charge in [0.15, 0.2) is 0 Å². The first-order chi connectivity index (χ1) is 8.58. The number of rotatable bonds is 6. The fraction of sp³-hybridized carbons (Fsp3) is 0.929. The highest BCUT2D eigenvalue weighted by Gasteiger charge is 2.42. The molecule has 18 heavy (non-hydrogen) atoms. The zero-order chi connectivity index (χ0) is 13.1. The van der Waals surface area contributed by atoms with Crippen LogP contribution in [0.1, 0.15) is 46.5 Å². The van der Waals surface area contributed by atoms with Crippen molar-refractivity contribution < 1.29 is 4.79 Å². The molecule has 3 nitrogen and oxygen atoms in total. The van der Waals surface area contributed by atoms with Gasteiger partial charge in [-0.2, -0.15) is 11.8 Å². The summed E-state index contributed by atoms with van der Waals surface area (Å²) in [5.41, 5.74) is 0. The highest BCUT2D eigenvalue weighted by molar-refractivity contribution is 8.00. The fourth-order valence-corrected chi connectivity index (χ4v) is 4.33. The van der Waals surface area contributed by atoms with Gasteiger partial charge in [-0.15, -0.1) is 0 Å². The van der Waals surface area contributed by atoms with Crippen LogP contribution < -0.4 is 10.6 Å². The number of amides is 2. The van der Waals surface area contributed by atoms with E-state index in [9.17, 15) is 4.79 Å². The van der Waals surface area contributed by atoms with Gasteiger partial charge < -0.3 is 10.6 Å². The van der Waals surface area contributed by atoms with Crippen molar-refractivity contribution in [3.05, 3.63) is 0 Å². The summed E-state index contributed by atoms with van der Waals surface area (Å²) in [6.07, 6.45) is 5.22. The highest BCUT2D eigenvalue weighted by Crippen LogP contribution is 2.33. The topological polar surface area (TPSA) is 41.1 Å². The van der Waals surface area contributed by atoms with Crippen LogP contribution in [0.3, 0.4) is 0 Å². The predicted octanol–water partition coefficient (Wildman–Crippen LogP) is 3.00. The Labute approximate surface area is 115 Å². The van der Waals surface area contributed by atoms with Crippen molar-refractivity contribution in [1.29, 1.82) is 0 Å². The van der Waals surface area contributed by atoms with Crippen LogP contribution in [0, 0.1) is 11.8 Å². The predicted molar refractivity (Wildman–Crippen MR) is 78.0 cm³/mol. The maximum absolute atomic E-state index is 11.3. The van der Waals surface area contributed by atoms with Gasteiger partial charge in [0.05, 0.1) is 12.1 Å². The lowest BCUT2D eigenvalue weighted by atomic mass is 9.92. The van der Waals surface area contributed by atoms with Gasteiger partial charge >= 0.3 is 6.03 Å². The molecular weight excluding hydrogens is 244 g/mol. The lowest BCUT2D eigenvalue weighted by Crippen LogP contribution is -2.36. The summed E-state index contributed by atoms with van der Waals surface area (Å²) >= 11 is 2.02. The minimum atomic E-state index is 0.0312. The molecule has 0 saturated carbocycles. The van der Waals surface area contributed by atoms with E-state index < -0.39 is 0 Å². The Bertz CT molecular complexity index is 296. The van der Waals surface area contributed by atoms with Crippen LogP contribution in [-0.4, -0.2) is 29.1 Å². The van der Waals surface area contributed by atoms with Gasteiger partial charge in [-0.1, -0.05) is 40.0 Å². The van der Waals surface area contributed by atoms with E-state index in [2.05, 4.69) is 31.4 Å². The van der Waals surface area contributed by atoms with Crippen LogP contribution in [-0.2, 0) is 0 Å². The number of hydrogen-bond donors (Lipinski definition) is 2. The van der Waals surface area contributed by atoms with Crippen molar-refractivity contribution in [2.24, 2.45) is 11.8 Å². The van der Waals surface area contributed by atoms with Crippen LogP contribution in [0.2, 0.25) is 0 Å². The number of nitrogens with one attached hydrogen (secondary N) is 2. The van der Waals surface area contributed by atoms with E-state index in [4.69, 9.17) is 0 Å². The third-order valence-corrected chi connectivity index (χ3v) is 5.98. The molecule has 2 heterocycles. The third-order valence-electron chi connectivity index (χ3n) is 4.47. The molecule has 104 valence electrons. The molecule has 2 rings (SSSR count). The summed E-state index contributed by atoms with van der Waals surface area (Å²) in [6.45, 7) is 6.97. The standard InChI is InChI=1S/C14H26N2OS/c1-9(2)10(3)6-4-5-7-12-13-11(8-18-12)15-14(17)16-13/h9-13H,4-8H2,1-3H3,(H2,15,16,17). The zero-order valence-electron chi connectivity index (χ0n) is 11.7. The van der Waals surface area contributed by atoms with Crippen molar-refractivity contribution in [3.63, 3.8) is 0 Å². The van der Waals surface area contributed by atoms with Gasteiger partial charge in [0.2, 0.25) is 0 Å². The van der Waals surface area contributed by atoms with E-state index in [0.717, 1.165) is 17.6 Å². The number of thioether (sulfide) groups is 1. The lowest BCUT2D eigenvalue weighted by Gasteiger charge is -2.18. The normalized spacial score (nSPS) is 32.2. The van der Waals surface area contributed by atoms with Crippen LogP contribution >= 0.6 is 11.8 Å². The monoisotopic (exact) mass is 270 g/mol. The minimum absolute atomic E-state index is 0.0312. The molecule has 0 spiro atoms. The van der Waals surface area contributed by atoms with Gasteiger partial charge in [0.25, 0.3) is 0 Å². The molecule has 4 unspecified atom stereocenters. The second kappa shape index (κ2) is 6.18. The summed E-state index contributed by atoms with van der Waals surface area (Å²) < 4.78 is 0. The number of carbonyl (C=O) groups is 1. The fourth-order valence-electron chi connectivity index (χ4n) is 2.79. The number of fused-ring (bicyclic) bond motifs is 1. The molecule has 2 fully saturated rings. The van der Waals surface area contributed by atoms with Crippen molar-refractivity contribution in [1.82, 2.24) is 10.6 Å². The van der Waals surface area contributed by atoms with Crippen LogP contribution in [0.15, 0.2) is 0 Å². The van der Waals surface area contributed by atoms with Crippen LogP contribution in [0.4, 0.5) is 4.79 Å². The molecule has 4 atom stereocenters. The zero-order valence-corrected chi connectivity index (χ0v) is 12.6. The van der Waals surface area contributed by atoms with E-state index in [-0.39, 0.29) is 6.03 Å². The van der Waals surface area contributed by atoms with Gasteiger partial charge in [-0.25, -0.2) is 4.79 Å². The average Bonchev–Trinajstić information content (AvgIpc) is 2.84. The van der Waals surface area contributed by atoms with Gasteiger partial charge in [-0.05, 0) is 18.3 Å². The molecule has 0 aliphatic carbocycles. The van der Waals surface area contributed by atoms with E-state index in [1.165, 1.54) is 25.7 Å². The van der Waals surface area contributed by atoms with Crippen LogP contribution in [0.5, 0.6) is 0 Å². The minimum Gasteiger partial charge on any atom is -0.332 e. The smallest absolute Gasteiger partial charge is 0.315 e. The van der Waals surface area contributed by atoms with Crippen molar-refractivity contribution in [2.45, 2.75) is 63.8 Å². The first kappa shape index (κ1) is 14.0.